The Bertz CT molecular complexity index is 510. The highest BCUT2D eigenvalue weighted by molar-refractivity contribution is 8.62. The fourth-order valence-electron chi connectivity index (χ4n) is 1.31. The summed E-state index contributed by atoms with van der Waals surface area (Å²) in [4.78, 5) is 11.8. The van der Waals surface area contributed by atoms with Crippen LogP contribution in [0.3, 0.4) is 0 Å². The molecule has 1 rings (SSSR count). The molecule has 1 heterocycles. The standard InChI is InChI=1S/C11H18N2O4PS2/c1-4-16-6-5-7-20-18(19)17-9-8-12-13(2)11(14)10(9)15-3/h8H,4-7H2,1-3H3/q+1. The van der Waals surface area contributed by atoms with Crippen LogP contribution in [0, 0.1) is 0 Å². The van der Waals surface area contributed by atoms with Crippen molar-refractivity contribution in [2.45, 2.75) is 13.3 Å². The van der Waals surface area contributed by atoms with Crippen molar-refractivity contribution >= 4 is 29.3 Å². The number of methoxy groups -OCH3 is 1. The van der Waals surface area contributed by atoms with Crippen molar-refractivity contribution in [3.05, 3.63) is 16.6 Å². The first kappa shape index (κ1) is 17.4. The summed E-state index contributed by atoms with van der Waals surface area (Å²) in [5, 5.41) is 3.90. The minimum atomic E-state index is -1.15. The van der Waals surface area contributed by atoms with E-state index in [2.05, 4.69) is 5.10 Å². The van der Waals surface area contributed by atoms with Crippen LogP contribution in [0.4, 0.5) is 0 Å². The van der Waals surface area contributed by atoms with Gasteiger partial charge >= 0.3 is 11.7 Å². The quantitative estimate of drug-likeness (QED) is 0.505. The van der Waals surface area contributed by atoms with Gasteiger partial charge in [0, 0.05) is 26.0 Å². The minimum Gasteiger partial charge on any atom is -0.488 e. The van der Waals surface area contributed by atoms with Gasteiger partial charge in [0.05, 0.1) is 13.3 Å². The molecule has 6 nitrogen and oxygen atoms in total. The van der Waals surface area contributed by atoms with Crippen molar-refractivity contribution < 1.29 is 14.0 Å². The summed E-state index contributed by atoms with van der Waals surface area (Å²) in [6.07, 6.45) is 1.22. The molecule has 0 radical (unpaired) electrons. The molecule has 1 atom stereocenters. The Hall–Kier alpha value is -0.690. The van der Waals surface area contributed by atoms with Crippen molar-refractivity contribution in [1.29, 1.82) is 0 Å². The Labute approximate surface area is 128 Å². The predicted molar refractivity (Wildman–Crippen MR) is 84.5 cm³/mol. The second-order valence-corrected chi connectivity index (χ2v) is 8.42. The molecule has 0 amide bonds. The van der Waals surface area contributed by atoms with Gasteiger partial charge in [0.2, 0.25) is 17.6 Å². The molecule has 0 fully saturated rings. The second-order valence-electron chi connectivity index (χ2n) is 3.67. The first-order valence-electron chi connectivity index (χ1n) is 6.06. The Balaban J connectivity index is 2.54. The first-order valence-corrected chi connectivity index (χ1v) is 9.92. The van der Waals surface area contributed by atoms with Crippen molar-refractivity contribution in [2.24, 2.45) is 7.05 Å². The van der Waals surface area contributed by atoms with Gasteiger partial charge in [-0.15, -0.1) is 0 Å². The van der Waals surface area contributed by atoms with Crippen LogP contribution in [0.1, 0.15) is 13.3 Å². The van der Waals surface area contributed by atoms with Crippen LogP contribution in [0.15, 0.2) is 11.0 Å². The number of nitrogens with zero attached hydrogens (tertiary/aromatic N) is 2. The Morgan fingerprint density at radius 1 is 1.55 bits per heavy atom. The van der Waals surface area contributed by atoms with E-state index in [1.54, 1.807) is 7.05 Å². The number of aryl methyl sites for hydroxylation is 1. The van der Waals surface area contributed by atoms with Crippen molar-refractivity contribution in [3.8, 4) is 11.5 Å². The minimum absolute atomic E-state index is 0.134. The zero-order valence-electron chi connectivity index (χ0n) is 11.7. The zero-order valence-corrected chi connectivity index (χ0v) is 14.2. The molecule has 0 bridgehead atoms. The SMILES string of the molecule is CCOCCCS[P+](=S)Oc1cnn(C)c(=O)c1OC. The van der Waals surface area contributed by atoms with Gasteiger partial charge < -0.3 is 9.47 Å². The maximum atomic E-state index is 11.8. The van der Waals surface area contributed by atoms with Crippen molar-refractivity contribution in [1.82, 2.24) is 9.78 Å². The summed E-state index contributed by atoms with van der Waals surface area (Å²) in [5.74, 6) is 1.29. The van der Waals surface area contributed by atoms with Gasteiger partial charge in [0.25, 0.3) is 5.75 Å². The number of ether oxygens (including phenoxy) is 2. The summed E-state index contributed by atoms with van der Waals surface area (Å²) < 4.78 is 17.1. The van der Waals surface area contributed by atoms with E-state index < -0.39 is 6.13 Å². The lowest BCUT2D eigenvalue weighted by molar-refractivity contribution is 0.149. The van der Waals surface area contributed by atoms with Gasteiger partial charge in [-0.1, -0.05) is 0 Å². The van der Waals surface area contributed by atoms with E-state index in [1.165, 1.54) is 29.4 Å². The molecule has 0 N–H and O–H groups in total. The molecule has 0 aromatic carbocycles. The smallest absolute Gasteiger partial charge is 0.463 e. The second kappa shape index (κ2) is 9.28. The van der Waals surface area contributed by atoms with Crippen molar-refractivity contribution in [3.63, 3.8) is 0 Å². The van der Waals surface area contributed by atoms with E-state index in [9.17, 15) is 4.79 Å². The largest absolute Gasteiger partial charge is 0.488 e. The van der Waals surface area contributed by atoms with E-state index in [0.717, 1.165) is 25.4 Å². The van der Waals surface area contributed by atoms with E-state index in [-0.39, 0.29) is 11.3 Å². The highest BCUT2D eigenvalue weighted by Gasteiger charge is 2.21. The molecular formula is C11H18N2O4PS2+. The van der Waals surface area contributed by atoms with Crippen LogP contribution in [0.2, 0.25) is 0 Å². The third kappa shape index (κ3) is 5.36. The normalized spacial score (nSPS) is 11.2. The van der Waals surface area contributed by atoms with Gasteiger partial charge in [-0.2, -0.15) is 5.10 Å². The van der Waals surface area contributed by atoms with Gasteiger partial charge in [-0.3, -0.25) is 9.32 Å². The lowest BCUT2D eigenvalue weighted by atomic mass is 10.5. The summed E-state index contributed by atoms with van der Waals surface area (Å²) in [7, 11) is 2.97. The van der Waals surface area contributed by atoms with Crippen molar-refractivity contribution in [2.75, 3.05) is 26.1 Å². The molecule has 0 saturated heterocycles. The third-order valence-electron chi connectivity index (χ3n) is 2.27. The molecule has 1 unspecified atom stereocenters. The maximum absolute atomic E-state index is 11.8. The summed E-state index contributed by atoms with van der Waals surface area (Å²) >= 11 is 6.79. The molecule has 20 heavy (non-hydrogen) atoms. The van der Waals surface area contributed by atoms with Gasteiger partial charge in [0.1, 0.15) is 11.4 Å². The average molecular weight is 337 g/mol. The fourth-order valence-corrected chi connectivity index (χ4v) is 4.19. The van der Waals surface area contributed by atoms with Crippen LogP contribution >= 0.6 is 17.5 Å². The number of rotatable bonds is 9. The third-order valence-corrected chi connectivity index (χ3v) is 5.87. The molecule has 0 saturated carbocycles. The topological polar surface area (TPSA) is 62.6 Å². The lowest BCUT2D eigenvalue weighted by Gasteiger charge is -2.04. The summed E-state index contributed by atoms with van der Waals surface area (Å²) in [6.45, 7) is 3.41. The number of aromatic nitrogens is 2. The molecule has 1 aromatic rings. The summed E-state index contributed by atoms with van der Waals surface area (Å²) in [6, 6.07) is 0. The lowest BCUT2D eigenvalue weighted by Crippen LogP contribution is -2.20. The number of hydrogen-bond acceptors (Lipinski definition) is 7. The Kier molecular flexibility index (Phi) is 8.06. The Morgan fingerprint density at radius 3 is 2.95 bits per heavy atom. The summed E-state index contributed by atoms with van der Waals surface area (Å²) in [5.41, 5.74) is -0.343. The van der Waals surface area contributed by atoms with Gasteiger partial charge in [-0.05, 0) is 13.3 Å². The maximum Gasteiger partial charge on any atom is 0.463 e. The van der Waals surface area contributed by atoms with Crippen LogP contribution in [0.5, 0.6) is 11.5 Å². The fraction of sp³-hybridized carbons (Fsp3) is 0.636. The molecule has 1 aromatic heterocycles. The highest BCUT2D eigenvalue weighted by Crippen LogP contribution is 2.42. The average Bonchev–Trinajstić information content (AvgIpc) is 2.43. The van der Waals surface area contributed by atoms with Crippen LogP contribution in [-0.4, -0.2) is 35.9 Å². The molecule has 112 valence electrons. The molecule has 0 aliphatic heterocycles. The van der Waals surface area contributed by atoms with E-state index >= 15 is 0 Å². The van der Waals surface area contributed by atoms with Crippen LogP contribution in [0.25, 0.3) is 0 Å². The number of hydrogen-bond donors (Lipinski definition) is 0. The van der Waals surface area contributed by atoms with Gasteiger partial charge in [-0.25, -0.2) is 4.68 Å². The van der Waals surface area contributed by atoms with Gasteiger partial charge in [0.15, 0.2) is 0 Å². The molecular weight excluding hydrogens is 319 g/mol. The van der Waals surface area contributed by atoms with Crippen LogP contribution in [-0.2, 0) is 23.6 Å². The molecule has 0 aliphatic rings. The predicted octanol–water partition coefficient (Wildman–Crippen LogP) is 2.10. The van der Waals surface area contributed by atoms with E-state index in [4.69, 9.17) is 25.8 Å². The first-order chi connectivity index (χ1) is 9.60. The Morgan fingerprint density at radius 2 is 2.30 bits per heavy atom. The molecule has 0 aliphatic carbocycles. The van der Waals surface area contributed by atoms with E-state index in [1.807, 2.05) is 6.92 Å². The zero-order chi connectivity index (χ0) is 15.0. The van der Waals surface area contributed by atoms with E-state index in [0.29, 0.717) is 5.75 Å². The van der Waals surface area contributed by atoms with Crippen LogP contribution < -0.4 is 14.8 Å². The monoisotopic (exact) mass is 337 g/mol. The molecule has 9 heteroatoms. The molecule has 0 spiro atoms. The highest BCUT2D eigenvalue weighted by atomic mass is 32.9.